The molecule has 0 heterocycles. The minimum Gasteiger partial charge on any atom is -0.211 e. The molecule has 0 amide bonds. The average molecular weight is 404 g/mol. The van der Waals surface area contributed by atoms with Gasteiger partial charge in [0.15, 0.2) is 0 Å². The second-order valence-electron chi connectivity index (χ2n) is 6.55. The van der Waals surface area contributed by atoms with Crippen molar-refractivity contribution in [3.8, 4) is 6.07 Å². The van der Waals surface area contributed by atoms with E-state index in [1.807, 2.05) is 13.8 Å². The summed E-state index contributed by atoms with van der Waals surface area (Å²) >= 11 is 0. The van der Waals surface area contributed by atoms with E-state index in [-0.39, 0.29) is 30.6 Å². The summed E-state index contributed by atoms with van der Waals surface area (Å²) in [6, 6.07) is 2.16. The molecule has 1 N–H and O–H groups in total. The Bertz CT molecular complexity index is 691. The van der Waals surface area contributed by atoms with Gasteiger partial charge in [0.2, 0.25) is 10.0 Å². The normalized spacial score (nSPS) is 25.1. The van der Waals surface area contributed by atoms with E-state index in [9.17, 15) is 30.0 Å². The van der Waals surface area contributed by atoms with Crippen LogP contribution in [0.5, 0.6) is 0 Å². The molecule has 0 spiro atoms. The molecule has 0 aromatic heterocycles. The number of rotatable bonds is 7. The molecular weight excluding hydrogens is 381 g/mol. The fourth-order valence-corrected chi connectivity index (χ4v) is 6.38. The number of hydrogen-bond donors (Lipinski definition) is 1. The van der Waals surface area contributed by atoms with E-state index in [2.05, 4.69) is 6.07 Å². The SMILES string of the molecule is CCC(CC(C)C#N)C1CCC(S(=O)(=O)NS(=O)(=O)C(F)(F)F)CC1. The molecule has 2 unspecified atom stereocenters. The molecule has 2 atom stereocenters. The smallest absolute Gasteiger partial charge is 0.211 e. The Balaban J connectivity index is 2.74. The number of hydrogen-bond acceptors (Lipinski definition) is 5. The summed E-state index contributed by atoms with van der Waals surface area (Å²) in [5.74, 6) is 0.307. The Labute approximate surface area is 146 Å². The second kappa shape index (κ2) is 8.22. The molecule has 6 nitrogen and oxygen atoms in total. The quantitative estimate of drug-likeness (QED) is 0.703. The van der Waals surface area contributed by atoms with Crippen molar-refractivity contribution < 1.29 is 30.0 Å². The third-order valence-corrected chi connectivity index (χ3v) is 8.52. The highest BCUT2D eigenvalue weighted by atomic mass is 32.3. The summed E-state index contributed by atoms with van der Waals surface area (Å²) in [6.45, 7) is 3.79. The maximum Gasteiger partial charge on any atom is 0.512 e. The molecule has 0 saturated heterocycles. The maximum absolute atomic E-state index is 12.4. The van der Waals surface area contributed by atoms with Crippen LogP contribution in [0.2, 0.25) is 0 Å². The molecule has 1 aliphatic rings. The van der Waals surface area contributed by atoms with Gasteiger partial charge in [-0.1, -0.05) is 13.3 Å². The van der Waals surface area contributed by atoms with Crippen molar-refractivity contribution in [1.29, 1.82) is 5.26 Å². The van der Waals surface area contributed by atoms with E-state index in [1.54, 1.807) is 0 Å². The topological polar surface area (TPSA) is 104 Å². The van der Waals surface area contributed by atoms with E-state index in [0.717, 1.165) is 10.5 Å². The van der Waals surface area contributed by atoms with Crippen molar-refractivity contribution in [3.63, 3.8) is 0 Å². The van der Waals surface area contributed by atoms with Gasteiger partial charge in [-0.2, -0.15) is 18.4 Å². The van der Waals surface area contributed by atoms with Crippen LogP contribution in [0.25, 0.3) is 0 Å². The van der Waals surface area contributed by atoms with Crippen LogP contribution >= 0.6 is 0 Å². The van der Waals surface area contributed by atoms with Gasteiger partial charge in [0.1, 0.15) is 0 Å². The third-order valence-electron chi connectivity index (χ3n) is 4.76. The minimum atomic E-state index is -5.93. The molecule has 1 aliphatic carbocycles. The van der Waals surface area contributed by atoms with E-state index in [0.29, 0.717) is 19.3 Å². The van der Waals surface area contributed by atoms with Crippen LogP contribution in [0.15, 0.2) is 0 Å². The van der Waals surface area contributed by atoms with E-state index < -0.39 is 30.8 Å². The highest BCUT2D eigenvalue weighted by molar-refractivity contribution is 8.05. The van der Waals surface area contributed by atoms with Crippen LogP contribution < -0.4 is 4.13 Å². The molecule has 0 radical (unpaired) electrons. The average Bonchev–Trinajstić information content (AvgIpc) is 2.50. The summed E-state index contributed by atoms with van der Waals surface area (Å²) in [5, 5.41) is 7.75. The van der Waals surface area contributed by atoms with Crippen molar-refractivity contribution in [3.05, 3.63) is 0 Å². The van der Waals surface area contributed by atoms with Crippen molar-refractivity contribution in [2.45, 2.75) is 63.1 Å². The van der Waals surface area contributed by atoms with Crippen molar-refractivity contribution >= 4 is 20.0 Å². The molecule has 1 rings (SSSR count). The predicted molar refractivity (Wildman–Crippen MR) is 86.0 cm³/mol. The Morgan fingerprint density at radius 2 is 1.68 bits per heavy atom. The van der Waals surface area contributed by atoms with Crippen LogP contribution in [-0.4, -0.2) is 27.6 Å². The number of alkyl halides is 3. The maximum atomic E-state index is 12.4. The highest BCUT2D eigenvalue weighted by Crippen LogP contribution is 2.37. The van der Waals surface area contributed by atoms with E-state index in [1.165, 1.54) is 0 Å². The zero-order chi connectivity index (χ0) is 19.5. The molecule has 0 aromatic carbocycles. The lowest BCUT2D eigenvalue weighted by molar-refractivity contribution is -0.0441. The Morgan fingerprint density at radius 1 is 1.16 bits per heavy atom. The zero-order valence-corrected chi connectivity index (χ0v) is 15.7. The zero-order valence-electron chi connectivity index (χ0n) is 14.1. The molecular formula is C14H23F3N2O4S2. The van der Waals surface area contributed by atoms with Gasteiger partial charge in [-0.15, -0.1) is 4.13 Å². The van der Waals surface area contributed by atoms with Gasteiger partial charge in [0, 0.05) is 5.92 Å². The number of halogens is 3. The molecule has 0 bridgehead atoms. The standard InChI is InChI=1S/C14H23F3N2O4S2/c1-3-11(8-10(2)9-18)12-4-6-13(7-5-12)24(20,21)19-25(22,23)14(15,16)17/h10-13,19H,3-8H2,1-2H3. The van der Waals surface area contributed by atoms with Gasteiger partial charge >= 0.3 is 15.5 Å². The molecule has 0 aromatic rings. The fraction of sp³-hybridized carbons (Fsp3) is 0.929. The summed E-state index contributed by atoms with van der Waals surface area (Å²) in [4.78, 5) is 0. The van der Waals surface area contributed by atoms with Crippen LogP contribution in [-0.2, 0) is 20.0 Å². The second-order valence-corrected chi connectivity index (χ2v) is 10.4. The Hall–Kier alpha value is -0.860. The number of nitrogens with one attached hydrogen (secondary N) is 1. The summed E-state index contributed by atoms with van der Waals surface area (Å²) in [7, 11) is -10.6. The number of nitrogens with zero attached hydrogens (tertiary/aromatic N) is 1. The van der Waals surface area contributed by atoms with Crippen molar-refractivity contribution in [2.24, 2.45) is 17.8 Å². The first-order valence-corrected chi connectivity index (χ1v) is 11.1. The molecule has 1 fully saturated rings. The van der Waals surface area contributed by atoms with Gasteiger partial charge in [0.05, 0.1) is 11.3 Å². The molecule has 11 heteroatoms. The minimum absolute atomic E-state index is 0.102. The van der Waals surface area contributed by atoms with E-state index >= 15 is 0 Å². The summed E-state index contributed by atoms with van der Waals surface area (Å²) in [6.07, 6.45) is 2.68. The third kappa shape index (κ3) is 5.82. The number of nitriles is 1. The predicted octanol–water partition coefficient (Wildman–Crippen LogP) is 2.89. The molecule has 25 heavy (non-hydrogen) atoms. The fourth-order valence-electron chi connectivity index (χ4n) is 3.34. The van der Waals surface area contributed by atoms with E-state index in [4.69, 9.17) is 5.26 Å². The lowest BCUT2D eigenvalue weighted by Gasteiger charge is -2.33. The Kier molecular flexibility index (Phi) is 7.30. The van der Waals surface area contributed by atoms with Crippen LogP contribution in [0, 0.1) is 29.1 Å². The molecule has 1 saturated carbocycles. The molecule has 146 valence electrons. The first kappa shape index (κ1) is 22.2. The Morgan fingerprint density at radius 3 is 2.08 bits per heavy atom. The van der Waals surface area contributed by atoms with Crippen LogP contribution in [0.1, 0.15) is 52.4 Å². The first-order chi connectivity index (χ1) is 11.3. The summed E-state index contributed by atoms with van der Waals surface area (Å²) in [5.41, 5.74) is -5.67. The first-order valence-electron chi connectivity index (χ1n) is 8.07. The molecule has 0 aliphatic heterocycles. The van der Waals surface area contributed by atoms with Crippen molar-refractivity contribution in [2.75, 3.05) is 0 Å². The van der Waals surface area contributed by atoms with Crippen molar-refractivity contribution in [1.82, 2.24) is 4.13 Å². The highest BCUT2D eigenvalue weighted by Gasteiger charge is 2.49. The van der Waals surface area contributed by atoms with Gasteiger partial charge in [-0.05, 0) is 50.9 Å². The lowest BCUT2D eigenvalue weighted by Crippen LogP contribution is -2.45. The van der Waals surface area contributed by atoms with Gasteiger partial charge < -0.3 is 0 Å². The monoisotopic (exact) mass is 404 g/mol. The van der Waals surface area contributed by atoms with Gasteiger partial charge in [0.25, 0.3) is 0 Å². The van der Waals surface area contributed by atoms with Gasteiger partial charge in [-0.3, -0.25) is 0 Å². The van der Waals surface area contributed by atoms with Gasteiger partial charge in [-0.25, -0.2) is 16.8 Å². The summed E-state index contributed by atoms with van der Waals surface area (Å²) < 4.78 is 83.9. The largest absolute Gasteiger partial charge is 0.512 e. The number of sulfonamides is 2. The van der Waals surface area contributed by atoms with Crippen LogP contribution in [0.3, 0.4) is 0 Å². The lowest BCUT2D eigenvalue weighted by atomic mass is 9.75. The van der Waals surface area contributed by atoms with Crippen LogP contribution in [0.4, 0.5) is 13.2 Å².